The number of Topliss-reactive ketones (excluding diaryl/α,β-unsaturated/α-hetero) is 1. The molecule has 1 saturated heterocycles. The molecule has 1 aliphatic carbocycles. The highest BCUT2D eigenvalue weighted by atomic mass is 32.2. The van der Waals surface area contributed by atoms with Crippen molar-refractivity contribution >= 4 is 21.8 Å². The molecule has 2 fully saturated rings. The summed E-state index contributed by atoms with van der Waals surface area (Å²) in [6.07, 6.45) is 2.10. The van der Waals surface area contributed by atoms with Crippen molar-refractivity contribution in [2.75, 3.05) is 13.1 Å². The van der Waals surface area contributed by atoms with E-state index in [1.807, 2.05) is 0 Å². The number of hydrogen-bond acceptors (Lipinski definition) is 5. The third-order valence-corrected chi connectivity index (χ3v) is 6.91. The van der Waals surface area contributed by atoms with E-state index < -0.39 is 22.1 Å². The van der Waals surface area contributed by atoms with Crippen molar-refractivity contribution in [2.45, 2.75) is 50.5 Å². The van der Waals surface area contributed by atoms with E-state index in [4.69, 9.17) is 4.74 Å². The van der Waals surface area contributed by atoms with Crippen molar-refractivity contribution in [3.63, 3.8) is 0 Å². The van der Waals surface area contributed by atoms with Gasteiger partial charge in [0, 0.05) is 19.5 Å². The Labute approximate surface area is 154 Å². The van der Waals surface area contributed by atoms with Crippen molar-refractivity contribution in [3.8, 4) is 0 Å². The summed E-state index contributed by atoms with van der Waals surface area (Å²) in [5, 5.41) is 0. The standard InChI is InChI=1S/C19H25NO5S/c1-13-10-14(2)12-20(11-13)26(23,24)16-8-6-15(7-9-16)19(22)25-18-5-3-4-17(18)21/h6-9,13-14,18H,3-5,10-12H2,1-2H3/t13-,14-,18+/m1/s1. The van der Waals surface area contributed by atoms with Gasteiger partial charge in [-0.25, -0.2) is 13.2 Å². The zero-order valence-corrected chi connectivity index (χ0v) is 16.0. The Hall–Kier alpha value is -1.73. The summed E-state index contributed by atoms with van der Waals surface area (Å²) in [5.74, 6) is 0.0127. The number of ether oxygens (including phenoxy) is 1. The van der Waals surface area contributed by atoms with Crippen LogP contribution in [0.3, 0.4) is 0 Å². The fraction of sp³-hybridized carbons (Fsp3) is 0.579. The Morgan fingerprint density at radius 1 is 1.12 bits per heavy atom. The van der Waals surface area contributed by atoms with Crippen molar-refractivity contribution in [2.24, 2.45) is 11.8 Å². The molecule has 0 N–H and O–H groups in total. The monoisotopic (exact) mass is 379 g/mol. The molecule has 0 bridgehead atoms. The topological polar surface area (TPSA) is 80.8 Å². The first-order valence-electron chi connectivity index (χ1n) is 9.11. The SMILES string of the molecule is C[C@@H]1C[C@@H](C)CN(S(=O)(=O)c2ccc(C(=O)O[C@H]3CCCC3=O)cc2)C1. The van der Waals surface area contributed by atoms with Gasteiger partial charge in [-0.2, -0.15) is 4.31 Å². The average Bonchev–Trinajstić information content (AvgIpc) is 2.99. The molecule has 142 valence electrons. The molecule has 0 radical (unpaired) electrons. The lowest BCUT2D eigenvalue weighted by atomic mass is 9.94. The van der Waals surface area contributed by atoms with Gasteiger partial charge in [-0.3, -0.25) is 4.79 Å². The number of nitrogens with zero attached hydrogens (tertiary/aromatic N) is 1. The molecule has 3 atom stereocenters. The Kier molecular flexibility index (Phi) is 5.48. The maximum atomic E-state index is 12.8. The molecule has 0 unspecified atom stereocenters. The molecule has 6 nitrogen and oxygen atoms in total. The maximum absolute atomic E-state index is 12.8. The number of benzene rings is 1. The molecular formula is C19H25NO5S. The molecule has 2 aliphatic rings. The Bertz CT molecular complexity index is 777. The first-order valence-corrected chi connectivity index (χ1v) is 10.6. The zero-order chi connectivity index (χ0) is 18.9. The van der Waals surface area contributed by atoms with Crippen LogP contribution < -0.4 is 0 Å². The molecule has 0 spiro atoms. The lowest BCUT2D eigenvalue weighted by molar-refractivity contribution is -0.124. The van der Waals surface area contributed by atoms with E-state index in [-0.39, 0.29) is 16.2 Å². The van der Waals surface area contributed by atoms with Gasteiger partial charge in [-0.15, -0.1) is 0 Å². The molecule has 1 aromatic rings. The highest BCUT2D eigenvalue weighted by molar-refractivity contribution is 7.89. The Morgan fingerprint density at radius 2 is 1.73 bits per heavy atom. The highest BCUT2D eigenvalue weighted by Gasteiger charge is 2.32. The van der Waals surface area contributed by atoms with Crippen LogP contribution in [-0.2, 0) is 19.6 Å². The van der Waals surface area contributed by atoms with Crippen molar-refractivity contribution in [1.82, 2.24) is 4.31 Å². The van der Waals surface area contributed by atoms with Crippen molar-refractivity contribution in [1.29, 1.82) is 0 Å². The number of piperidine rings is 1. The van der Waals surface area contributed by atoms with Crippen LogP contribution in [0.25, 0.3) is 0 Å². The molecule has 3 rings (SSSR count). The van der Waals surface area contributed by atoms with Crippen LogP contribution in [0.15, 0.2) is 29.2 Å². The van der Waals surface area contributed by atoms with Gasteiger partial charge in [-0.05, 0) is 55.4 Å². The van der Waals surface area contributed by atoms with Gasteiger partial charge < -0.3 is 4.74 Å². The fourth-order valence-corrected chi connectivity index (χ4v) is 5.50. The van der Waals surface area contributed by atoms with Gasteiger partial charge in [0.15, 0.2) is 11.9 Å². The molecule has 26 heavy (non-hydrogen) atoms. The molecule has 7 heteroatoms. The van der Waals surface area contributed by atoms with E-state index in [0.29, 0.717) is 37.8 Å². The minimum atomic E-state index is -3.57. The lowest BCUT2D eigenvalue weighted by Gasteiger charge is -2.34. The van der Waals surface area contributed by atoms with Gasteiger partial charge in [-0.1, -0.05) is 13.8 Å². The average molecular weight is 379 g/mol. The zero-order valence-electron chi connectivity index (χ0n) is 15.2. The number of hydrogen-bond donors (Lipinski definition) is 0. The minimum Gasteiger partial charge on any atom is -0.451 e. The number of sulfonamides is 1. The van der Waals surface area contributed by atoms with E-state index in [0.717, 1.165) is 12.8 Å². The number of ketones is 1. The normalized spacial score (nSPS) is 27.5. The van der Waals surface area contributed by atoms with E-state index in [2.05, 4.69) is 13.8 Å². The summed E-state index contributed by atoms with van der Waals surface area (Å²) in [4.78, 5) is 23.9. The summed E-state index contributed by atoms with van der Waals surface area (Å²) >= 11 is 0. The minimum absolute atomic E-state index is 0.0501. The molecule has 1 aromatic carbocycles. The van der Waals surface area contributed by atoms with E-state index in [1.165, 1.54) is 28.6 Å². The maximum Gasteiger partial charge on any atom is 0.338 e. The van der Waals surface area contributed by atoms with Crippen LogP contribution in [0.5, 0.6) is 0 Å². The number of rotatable bonds is 4. The van der Waals surface area contributed by atoms with Crippen LogP contribution in [0.4, 0.5) is 0 Å². The van der Waals surface area contributed by atoms with Gasteiger partial charge in [0.05, 0.1) is 10.5 Å². The molecule has 1 saturated carbocycles. The highest BCUT2D eigenvalue weighted by Crippen LogP contribution is 2.27. The van der Waals surface area contributed by atoms with E-state index >= 15 is 0 Å². The first-order chi connectivity index (χ1) is 12.3. The van der Waals surface area contributed by atoms with Crippen molar-refractivity contribution < 1.29 is 22.7 Å². The third kappa shape index (κ3) is 3.99. The third-order valence-electron chi connectivity index (χ3n) is 5.06. The first kappa shape index (κ1) is 19.0. The summed E-state index contributed by atoms with van der Waals surface area (Å²) in [5.41, 5.74) is 0.254. The molecule has 1 aliphatic heterocycles. The second-order valence-corrected chi connectivity index (χ2v) is 9.48. The molecule has 0 amide bonds. The predicted octanol–water partition coefficient (Wildman–Crippen LogP) is 2.63. The lowest BCUT2D eigenvalue weighted by Crippen LogP contribution is -2.42. The Balaban J connectivity index is 1.72. The smallest absolute Gasteiger partial charge is 0.338 e. The summed E-state index contributed by atoms with van der Waals surface area (Å²) in [6.45, 7) is 5.14. The van der Waals surface area contributed by atoms with Crippen LogP contribution in [0, 0.1) is 11.8 Å². The quantitative estimate of drug-likeness (QED) is 0.751. The van der Waals surface area contributed by atoms with Gasteiger partial charge in [0.25, 0.3) is 0 Å². The molecular weight excluding hydrogens is 354 g/mol. The summed E-state index contributed by atoms with van der Waals surface area (Å²) < 4.78 is 32.4. The second-order valence-electron chi connectivity index (χ2n) is 7.54. The number of carbonyl (C=O) groups excluding carboxylic acids is 2. The summed E-state index contributed by atoms with van der Waals surface area (Å²) in [6, 6.07) is 5.77. The largest absolute Gasteiger partial charge is 0.451 e. The summed E-state index contributed by atoms with van der Waals surface area (Å²) in [7, 11) is -3.57. The molecule has 0 aromatic heterocycles. The predicted molar refractivity (Wildman–Crippen MR) is 96.2 cm³/mol. The second kappa shape index (κ2) is 7.48. The fourth-order valence-electron chi connectivity index (χ4n) is 3.82. The van der Waals surface area contributed by atoms with Gasteiger partial charge in [0.1, 0.15) is 0 Å². The number of esters is 1. The van der Waals surface area contributed by atoms with Gasteiger partial charge in [0.2, 0.25) is 10.0 Å². The van der Waals surface area contributed by atoms with Crippen LogP contribution in [-0.4, -0.2) is 43.7 Å². The molecule has 1 heterocycles. The van der Waals surface area contributed by atoms with E-state index in [1.54, 1.807) is 0 Å². The van der Waals surface area contributed by atoms with E-state index in [9.17, 15) is 18.0 Å². The van der Waals surface area contributed by atoms with Crippen LogP contribution >= 0.6 is 0 Å². The van der Waals surface area contributed by atoms with Gasteiger partial charge >= 0.3 is 5.97 Å². The van der Waals surface area contributed by atoms with Crippen molar-refractivity contribution in [3.05, 3.63) is 29.8 Å². The van der Waals surface area contributed by atoms with Crippen LogP contribution in [0.1, 0.15) is 49.9 Å². The van der Waals surface area contributed by atoms with Crippen LogP contribution in [0.2, 0.25) is 0 Å². The number of carbonyl (C=O) groups is 2. The Morgan fingerprint density at radius 3 is 2.27 bits per heavy atom.